The van der Waals surface area contributed by atoms with E-state index < -0.39 is 28.8 Å². The SMILES string of the molecule is COC(=O)C1(CC=O)C(CCCB2OC(C)(C)C(C)(C)O2)CCCN1C(=O)O. The molecular weight excluding hydrogens is 365 g/mol. The van der Waals surface area contributed by atoms with Crippen molar-refractivity contribution >= 4 is 25.5 Å². The topological polar surface area (TPSA) is 102 Å². The van der Waals surface area contributed by atoms with Crippen LogP contribution in [0.4, 0.5) is 4.79 Å². The van der Waals surface area contributed by atoms with Gasteiger partial charge >= 0.3 is 19.2 Å². The molecule has 0 aliphatic carbocycles. The minimum Gasteiger partial charge on any atom is -0.467 e. The van der Waals surface area contributed by atoms with E-state index in [0.717, 1.165) is 4.90 Å². The van der Waals surface area contributed by atoms with Crippen molar-refractivity contribution in [3.63, 3.8) is 0 Å². The molecular formula is C19H32BNO7. The average Bonchev–Trinajstić information content (AvgIpc) is 2.81. The standard InChI is InChI=1S/C19H32BNO7/c1-17(2)18(3,4)28-20(27-17)11-6-8-14-9-7-12-21(16(24)25)19(14,10-13-22)15(23)26-5/h13-14H,6-12H2,1-5H3,(H,24,25). The van der Waals surface area contributed by atoms with Crippen molar-refractivity contribution in [3.05, 3.63) is 0 Å². The summed E-state index contributed by atoms with van der Waals surface area (Å²) in [6.07, 6.45) is 2.41. The Labute approximate surface area is 167 Å². The Hall–Kier alpha value is -1.61. The Morgan fingerprint density at radius 2 is 1.86 bits per heavy atom. The molecule has 1 amide bonds. The second-order valence-electron chi connectivity index (χ2n) is 8.68. The number of carbonyl (C=O) groups is 3. The van der Waals surface area contributed by atoms with E-state index in [9.17, 15) is 19.5 Å². The Balaban J connectivity index is 2.12. The number of carboxylic acid groups (broad SMARTS) is 1. The number of likely N-dealkylation sites (tertiary alicyclic amines) is 1. The molecule has 2 atom stereocenters. The second-order valence-corrected chi connectivity index (χ2v) is 8.68. The number of piperidine rings is 1. The van der Waals surface area contributed by atoms with E-state index in [1.165, 1.54) is 7.11 Å². The maximum Gasteiger partial charge on any atom is 0.457 e. The predicted octanol–water partition coefficient (Wildman–Crippen LogP) is 2.75. The Kier molecular flexibility index (Phi) is 6.81. The van der Waals surface area contributed by atoms with Gasteiger partial charge in [-0.3, -0.25) is 4.90 Å². The smallest absolute Gasteiger partial charge is 0.457 e. The van der Waals surface area contributed by atoms with Gasteiger partial charge < -0.3 is 23.9 Å². The highest BCUT2D eigenvalue weighted by atomic mass is 16.7. The van der Waals surface area contributed by atoms with Gasteiger partial charge in [0, 0.05) is 13.0 Å². The number of carbonyl (C=O) groups excluding carboxylic acids is 2. The van der Waals surface area contributed by atoms with Crippen LogP contribution in [0.5, 0.6) is 0 Å². The van der Waals surface area contributed by atoms with Crippen LogP contribution in [0, 0.1) is 5.92 Å². The number of aldehydes is 1. The van der Waals surface area contributed by atoms with Crippen LogP contribution in [-0.2, 0) is 23.6 Å². The van der Waals surface area contributed by atoms with Crippen molar-refractivity contribution in [2.75, 3.05) is 13.7 Å². The highest BCUT2D eigenvalue weighted by Gasteiger charge is 2.55. The number of hydrogen-bond acceptors (Lipinski definition) is 6. The van der Waals surface area contributed by atoms with Gasteiger partial charge in [-0.05, 0) is 59.2 Å². The molecule has 8 nitrogen and oxygen atoms in total. The summed E-state index contributed by atoms with van der Waals surface area (Å²) in [7, 11) is 0.882. The maximum absolute atomic E-state index is 12.7. The van der Waals surface area contributed by atoms with E-state index in [2.05, 4.69) is 0 Å². The number of methoxy groups -OCH3 is 1. The van der Waals surface area contributed by atoms with Crippen LogP contribution in [0.1, 0.15) is 59.8 Å². The lowest BCUT2D eigenvalue weighted by Gasteiger charge is -2.47. The van der Waals surface area contributed by atoms with Gasteiger partial charge in [0.25, 0.3) is 0 Å². The summed E-state index contributed by atoms with van der Waals surface area (Å²) >= 11 is 0. The van der Waals surface area contributed by atoms with Gasteiger partial charge in [-0.2, -0.15) is 0 Å². The van der Waals surface area contributed by atoms with Gasteiger partial charge in [0.05, 0.1) is 18.3 Å². The Morgan fingerprint density at radius 1 is 1.25 bits per heavy atom. The molecule has 1 N–H and O–H groups in total. The molecule has 2 aliphatic heterocycles. The van der Waals surface area contributed by atoms with Crippen molar-refractivity contribution in [3.8, 4) is 0 Å². The molecule has 2 aliphatic rings. The highest BCUT2D eigenvalue weighted by Crippen LogP contribution is 2.42. The molecule has 0 aromatic carbocycles. The minimum atomic E-state index is -1.46. The number of ether oxygens (including phenoxy) is 1. The minimum absolute atomic E-state index is 0.201. The lowest BCUT2D eigenvalue weighted by atomic mass is 9.70. The van der Waals surface area contributed by atoms with E-state index >= 15 is 0 Å². The van der Waals surface area contributed by atoms with Gasteiger partial charge in [-0.15, -0.1) is 0 Å². The maximum atomic E-state index is 12.7. The van der Waals surface area contributed by atoms with Crippen molar-refractivity contribution in [2.45, 2.75) is 82.9 Å². The van der Waals surface area contributed by atoms with Crippen molar-refractivity contribution in [1.82, 2.24) is 4.90 Å². The van der Waals surface area contributed by atoms with E-state index in [4.69, 9.17) is 14.0 Å². The normalized spacial score (nSPS) is 28.8. The fourth-order valence-electron chi connectivity index (χ4n) is 4.36. The monoisotopic (exact) mass is 397 g/mol. The molecule has 2 rings (SSSR count). The second kappa shape index (κ2) is 8.41. The third-order valence-electron chi connectivity index (χ3n) is 6.55. The third kappa shape index (κ3) is 4.05. The molecule has 0 radical (unpaired) electrons. The zero-order chi connectivity index (χ0) is 21.2. The van der Waals surface area contributed by atoms with Crippen molar-refractivity contribution in [2.24, 2.45) is 5.92 Å². The van der Waals surface area contributed by atoms with Crippen molar-refractivity contribution < 1.29 is 33.5 Å². The number of esters is 1. The van der Waals surface area contributed by atoms with Gasteiger partial charge in [0.15, 0.2) is 5.54 Å². The van der Waals surface area contributed by atoms with Crippen LogP contribution >= 0.6 is 0 Å². The first-order chi connectivity index (χ1) is 13.0. The molecule has 2 heterocycles. The molecule has 0 saturated carbocycles. The first kappa shape index (κ1) is 22.7. The number of rotatable bonds is 7. The lowest BCUT2D eigenvalue weighted by Crippen LogP contribution is -2.64. The van der Waals surface area contributed by atoms with E-state index in [1.807, 2.05) is 27.7 Å². The summed E-state index contributed by atoms with van der Waals surface area (Å²) in [5.74, 6) is -0.959. The molecule has 2 unspecified atom stereocenters. The summed E-state index contributed by atoms with van der Waals surface area (Å²) < 4.78 is 17.0. The summed E-state index contributed by atoms with van der Waals surface area (Å²) in [6, 6.07) is 0. The fourth-order valence-corrected chi connectivity index (χ4v) is 4.36. The summed E-state index contributed by atoms with van der Waals surface area (Å²) in [5, 5.41) is 9.64. The molecule has 28 heavy (non-hydrogen) atoms. The van der Waals surface area contributed by atoms with Crippen molar-refractivity contribution in [1.29, 1.82) is 0 Å². The predicted molar refractivity (Wildman–Crippen MR) is 103 cm³/mol. The molecule has 9 heteroatoms. The molecule has 0 aromatic heterocycles. The van der Waals surface area contributed by atoms with Crippen LogP contribution in [-0.4, -0.2) is 65.9 Å². The molecule has 0 aromatic rings. The van der Waals surface area contributed by atoms with Gasteiger partial charge in [-0.1, -0.05) is 6.42 Å². The van der Waals surface area contributed by atoms with Crippen LogP contribution in [0.2, 0.25) is 6.32 Å². The summed E-state index contributed by atoms with van der Waals surface area (Å²) in [6.45, 7) is 8.18. The number of nitrogens with zero attached hydrogens (tertiary/aromatic N) is 1. The number of amides is 1. The van der Waals surface area contributed by atoms with E-state index in [-0.39, 0.29) is 26.0 Å². The number of hydrogen-bond donors (Lipinski definition) is 1. The Morgan fingerprint density at radius 3 is 2.36 bits per heavy atom. The quantitative estimate of drug-likeness (QED) is 0.400. The summed E-state index contributed by atoms with van der Waals surface area (Å²) in [5.41, 5.74) is -2.28. The van der Waals surface area contributed by atoms with Gasteiger partial charge in [-0.25, -0.2) is 9.59 Å². The van der Waals surface area contributed by atoms with Crippen LogP contribution in [0.15, 0.2) is 0 Å². The average molecular weight is 397 g/mol. The first-order valence-electron chi connectivity index (χ1n) is 9.90. The van der Waals surface area contributed by atoms with Crippen LogP contribution in [0.3, 0.4) is 0 Å². The fraction of sp³-hybridized carbons (Fsp3) is 0.842. The highest BCUT2D eigenvalue weighted by molar-refractivity contribution is 6.45. The lowest BCUT2D eigenvalue weighted by molar-refractivity contribution is -0.163. The largest absolute Gasteiger partial charge is 0.467 e. The zero-order valence-electron chi connectivity index (χ0n) is 17.5. The Bertz CT molecular complexity index is 593. The van der Waals surface area contributed by atoms with Gasteiger partial charge in [0.2, 0.25) is 0 Å². The van der Waals surface area contributed by atoms with E-state index in [1.54, 1.807) is 0 Å². The molecule has 2 saturated heterocycles. The van der Waals surface area contributed by atoms with Crippen LogP contribution in [0.25, 0.3) is 0 Å². The zero-order valence-corrected chi connectivity index (χ0v) is 17.5. The molecule has 0 spiro atoms. The molecule has 2 fully saturated rings. The summed E-state index contributed by atoms with van der Waals surface area (Å²) in [4.78, 5) is 36.9. The first-order valence-corrected chi connectivity index (χ1v) is 9.90. The van der Waals surface area contributed by atoms with Gasteiger partial charge in [0.1, 0.15) is 6.29 Å². The third-order valence-corrected chi connectivity index (χ3v) is 6.55. The van der Waals surface area contributed by atoms with E-state index in [0.29, 0.717) is 38.3 Å². The molecule has 158 valence electrons. The van der Waals surface area contributed by atoms with Crippen LogP contribution < -0.4 is 0 Å². The molecule has 0 bridgehead atoms.